The van der Waals surface area contributed by atoms with Crippen LogP contribution in [0, 0.1) is 0 Å². The second kappa shape index (κ2) is 6.99. The number of allylic oxidation sites excluding steroid dienone is 4. The second-order valence-corrected chi connectivity index (χ2v) is 7.54. The molecule has 146 valence electrons. The molecule has 0 saturated heterocycles. The first-order valence-corrected chi connectivity index (χ1v) is 8.74. The second-order valence-electron chi connectivity index (χ2n) is 4.49. The lowest BCUT2D eigenvalue weighted by Gasteiger charge is -2.29. The molecule has 6 nitrogen and oxygen atoms in total. The number of hydrogen-bond acceptors (Lipinski definition) is 5. The van der Waals surface area contributed by atoms with Gasteiger partial charge >= 0.3 is 36.7 Å². The molecule has 14 heteroatoms. The van der Waals surface area contributed by atoms with Crippen LogP contribution in [0.25, 0.3) is 0 Å². The highest BCUT2D eigenvalue weighted by atomic mass is 32.2. The fourth-order valence-corrected chi connectivity index (χ4v) is 2.53. The van der Waals surface area contributed by atoms with Crippen LogP contribution in [0.5, 0.6) is 0 Å². The largest absolute Gasteiger partial charge is 0.450 e. The molecule has 0 aliphatic carbocycles. The molecule has 25 heavy (non-hydrogen) atoms. The molecule has 0 rings (SSSR count). The Bertz CT molecular complexity index is 795. The van der Waals surface area contributed by atoms with Gasteiger partial charge in [0, 0.05) is 0 Å². The van der Waals surface area contributed by atoms with Crippen LogP contribution in [0.1, 0.15) is 13.8 Å². The summed E-state index contributed by atoms with van der Waals surface area (Å²) in [5.74, 6) is -8.02. The minimum atomic E-state index is -7.08. The Morgan fingerprint density at radius 2 is 1.44 bits per heavy atom. The quantitative estimate of drug-likeness (QED) is 0.214. The van der Waals surface area contributed by atoms with E-state index in [0.717, 1.165) is 13.0 Å². The monoisotopic (exact) mass is 418 g/mol. The zero-order chi connectivity index (χ0) is 20.5. The van der Waals surface area contributed by atoms with Gasteiger partial charge in [-0.05, 0) is 26.0 Å². The van der Waals surface area contributed by atoms with Crippen molar-refractivity contribution in [2.45, 2.75) is 30.3 Å². The third kappa shape index (κ3) is 4.36. The van der Waals surface area contributed by atoms with Gasteiger partial charge < -0.3 is 4.18 Å². The third-order valence-electron chi connectivity index (χ3n) is 2.39. The van der Waals surface area contributed by atoms with E-state index in [4.69, 9.17) is 4.55 Å². The number of halogens is 6. The van der Waals surface area contributed by atoms with E-state index in [1.807, 2.05) is 0 Å². The first-order valence-electron chi connectivity index (χ1n) is 5.89. The summed E-state index contributed by atoms with van der Waals surface area (Å²) in [5, 5.41) is -13.5. The summed E-state index contributed by atoms with van der Waals surface area (Å²) in [7, 11) is -13.9. The molecule has 0 unspecified atom stereocenters. The summed E-state index contributed by atoms with van der Waals surface area (Å²) < 4.78 is 134. The fourth-order valence-electron chi connectivity index (χ4n) is 1.06. The lowest BCUT2D eigenvalue weighted by atomic mass is 10.3. The predicted octanol–water partition coefficient (Wildman–Crippen LogP) is 3.08. The van der Waals surface area contributed by atoms with Crippen LogP contribution in [0.3, 0.4) is 0 Å². The lowest BCUT2D eigenvalue weighted by Crippen LogP contribution is -2.60. The summed E-state index contributed by atoms with van der Waals surface area (Å²) in [6.45, 7) is 5.75. The van der Waals surface area contributed by atoms with Crippen LogP contribution < -0.4 is 0 Å². The summed E-state index contributed by atoms with van der Waals surface area (Å²) >= 11 is 0. The highest BCUT2D eigenvalue weighted by molar-refractivity contribution is 7.88. The lowest BCUT2D eigenvalue weighted by molar-refractivity contribution is -0.247. The molecule has 0 radical (unpaired) electrons. The molecule has 0 atom stereocenters. The van der Waals surface area contributed by atoms with E-state index >= 15 is 0 Å². The van der Waals surface area contributed by atoms with Crippen LogP contribution in [0.4, 0.5) is 26.3 Å². The van der Waals surface area contributed by atoms with Gasteiger partial charge in [0.05, 0.1) is 0 Å². The topological polar surface area (TPSA) is 97.7 Å². The van der Waals surface area contributed by atoms with Crippen molar-refractivity contribution in [3.8, 4) is 0 Å². The molecule has 0 aliphatic heterocycles. The van der Waals surface area contributed by atoms with E-state index in [-0.39, 0.29) is 5.57 Å². The van der Waals surface area contributed by atoms with E-state index in [0.29, 0.717) is 12.2 Å². The maximum Gasteiger partial charge on any atom is 0.450 e. The third-order valence-corrected chi connectivity index (χ3v) is 4.59. The van der Waals surface area contributed by atoms with E-state index in [1.165, 1.54) is 6.92 Å². The van der Waals surface area contributed by atoms with Crippen molar-refractivity contribution in [2.75, 3.05) is 0 Å². The Morgan fingerprint density at radius 3 is 1.76 bits per heavy atom. The van der Waals surface area contributed by atoms with Crippen molar-refractivity contribution in [3.63, 3.8) is 0 Å². The standard InChI is InChI=1S/C11H12F6O6S2/c1-4-8(6-5-7(2)3)23-25(21,22)11(16,17)9(12,13)10(14,15)24(18,19)20/h4-6H,2H2,1,3H3,(H,18,19,20). The summed E-state index contributed by atoms with van der Waals surface area (Å²) in [5.41, 5.74) is 0.260. The van der Waals surface area contributed by atoms with Crippen molar-refractivity contribution < 1.29 is 51.9 Å². The van der Waals surface area contributed by atoms with Gasteiger partial charge in [0.15, 0.2) is 0 Å². The molecule has 1 N–H and O–H groups in total. The Labute approximate surface area is 139 Å². The van der Waals surface area contributed by atoms with E-state index < -0.39 is 42.4 Å². The van der Waals surface area contributed by atoms with E-state index in [9.17, 15) is 43.2 Å². The van der Waals surface area contributed by atoms with Crippen LogP contribution in [0.2, 0.25) is 0 Å². The van der Waals surface area contributed by atoms with Crippen LogP contribution >= 0.6 is 0 Å². The van der Waals surface area contributed by atoms with Crippen LogP contribution in [0.15, 0.2) is 36.1 Å². The van der Waals surface area contributed by atoms with Gasteiger partial charge in [0.2, 0.25) is 0 Å². The smallest absolute Gasteiger partial charge is 0.378 e. The molecule has 0 saturated carbocycles. The fraction of sp³-hybridized carbons (Fsp3) is 0.455. The summed E-state index contributed by atoms with van der Waals surface area (Å²) in [4.78, 5) is 0. The average Bonchev–Trinajstić information content (AvgIpc) is 2.41. The zero-order valence-electron chi connectivity index (χ0n) is 12.5. The molecule has 0 aliphatic rings. The van der Waals surface area contributed by atoms with Crippen molar-refractivity contribution in [1.82, 2.24) is 0 Å². The van der Waals surface area contributed by atoms with Crippen LogP contribution in [-0.4, -0.2) is 37.8 Å². The predicted molar refractivity (Wildman–Crippen MR) is 74.1 cm³/mol. The number of alkyl halides is 6. The highest BCUT2D eigenvalue weighted by Crippen LogP contribution is 2.51. The molecule has 0 aromatic rings. The van der Waals surface area contributed by atoms with Gasteiger partial charge in [0.1, 0.15) is 5.76 Å². The highest BCUT2D eigenvalue weighted by Gasteiger charge is 2.83. The molecular formula is C11H12F6O6S2. The normalized spacial score (nSPS) is 15.5. The maximum absolute atomic E-state index is 13.5. The minimum Gasteiger partial charge on any atom is -0.378 e. The van der Waals surface area contributed by atoms with Crippen molar-refractivity contribution in [2.24, 2.45) is 0 Å². The molecule has 0 aromatic heterocycles. The van der Waals surface area contributed by atoms with Gasteiger partial charge in [-0.2, -0.15) is 43.2 Å². The minimum absolute atomic E-state index is 0.260. The van der Waals surface area contributed by atoms with Gasteiger partial charge in [0.25, 0.3) is 0 Å². The average molecular weight is 418 g/mol. The van der Waals surface area contributed by atoms with Gasteiger partial charge in [-0.1, -0.05) is 18.2 Å². The Kier molecular flexibility index (Phi) is 6.56. The molecule has 0 heterocycles. The Hall–Kier alpha value is -1.54. The van der Waals surface area contributed by atoms with E-state index in [1.54, 1.807) is 0 Å². The van der Waals surface area contributed by atoms with Crippen molar-refractivity contribution in [1.29, 1.82) is 0 Å². The Balaban J connectivity index is 6.11. The Morgan fingerprint density at radius 1 is 1.00 bits per heavy atom. The number of hydrogen-bond donors (Lipinski definition) is 1. The first-order chi connectivity index (χ1) is 10.8. The van der Waals surface area contributed by atoms with Gasteiger partial charge in [-0.15, -0.1) is 0 Å². The molecule has 0 amide bonds. The van der Waals surface area contributed by atoms with Gasteiger partial charge in [-0.3, -0.25) is 4.55 Å². The van der Waals surface area contributed by atoms with Crippen molar-refractivity contribution in [3.05, 3.63) is 36.1 Å². The van der Waals surface area contributed by atoms with Crippen LogP contribution in [-0.2, 0) is 24.4 Å². The first kappa shape index (κ1) is 23.5. The molecule has 0 fully saturated rings. The zero-order valence-corrected chi connectivity index (χ0v) is 14.1. The molecule has 0 spiro atoms. The van der Waals surface area contributed by atoms with Crippen molar-refractivity contribution >= 4 is 20.2 Å². The van der Waals surface area contributed by atoms with E-state index in [2.05, 4.69) is 10.8 Å². The maximum atomic E-state index is 13.5. The molecule has 0 aromatic carbocycles. The SMILES string of the molecule is C=C(C)C=CC(=CC)OS(=O)(=O)C(F)(F)C(F)(F)C(F)(F)S(=O)(=O)O. The molecular weight excluding hydrogens is 406 g/mol. The number of rotatable bonds is 8. The summed E-state index contributed by atoms with van der Waals surface area (Å²) in [6, 6.07) is 0. The van der Waals surface area contributed by atoms with Gasteiger partial charge in [-0.25, -0.2) is 0 Å². The summed E-state index contributed by atoms with van der Waals surface area (Å²) in [6.07, 6.45) is 2.44. The molecule has 0 bridgehead atoms.